The smallest absolute Gasteiger partial charge is 0.247 e. The van der Waals surface area contributed by atoms with Crippen molar-refractivity contribution in [3.63, 3.8) is 0 Å². The minimum atomic E-state index is -2.68. The van der Waals surface area contributed by atoms with E-state index in [0.717, 1.165) is 17.4 Å². The lowest BCUT2D eigenvalue weighted by Crippen LogP contribution is -2.20. The van der Waals surface area contributed by atoms with Crippen LogP contribution in [0.25, 0.3) is 0 Å². The van der Waals surface area contributed by atoms with Crippen LogP contribution in [0, 0.1) is 6.92 Å². The maximum absolute atomic E-state index is 12.6. The maximum Gasteiger partial charge on any atom is 0.247 e. The molecule has 0 bridgehead atoms. The second kappa shape index (κ2) is 3.72. The highest BCUT2D eigenvalue weighted by atomic mass is 32.1. The van der Waals surface area contributed by atoms with Gasteiger partial charge in [-0.05, 0) is 30.9 Å². The van der Waals surface area contributed by atoms with Crippen LogP contribution in [0.3, 0.4) is 0 Å². The zero-order chi connectivity index (χ0) is 10.1. The average molecular weight is 205 g/mol. The van der Waals surface area contributed by atoms with Crippen molar-refractivity contribution in [2.75, 3.05) is 0 Å². The molecule has 0 aliphatic rings. The van der Waals surface area contributed by atoms with Gasteiger partial charge in [0.1, 0.15) is 0 Å². The Labute approximate surface area is 80.6 Å². The summed E-state index contributed by atoms with van der Waals surface area (Å²) in [4.78, 5) is 0.863. The average Bonchev–Trinajstić information content (AvgIpc) is 2.30. The van der Waals surface area contributed by atoms with Crippen LogP contribution in [0.15, 0.2) is 11.4 Å². The van der Waals surface area contributed by atoms with E-state index in [9.17, 15) is 8.78 Å². The molecular weight excluding hydrogens is 192 g/mol. The van der Waals surface area contributed by atoms with Gasteiger partial charge in [0.25, 0.3) is 0 Å². The van der Waals surface area contributed by atoms with Crippen LogP contribution in [0.2, 0.25) is 0 Å². The fraction of sp³-hybridized carbons (Fsp3) is 0.556. The molecule has 1 nitrogen and oxygen atoms in total. The standard InChI is InChI=1S/C9H13F2NS/c1-6-3-4-13-8(6)7(12)5-9(2,10)11/h3-4,7H,5,12H2,1-2H3. The van der Waals surface area contributed by atoms with Crippen LogP contribution in [0.4, 0.5) is 8.78 Å². The van der Waals surface area contributed by atoms with Crippen LogP contribution < -0.4 is 5.73 Å². The summed E-state index contributed by atoms with van der Waals surface area (Å²) in [6.45, 7) is 2.79. The summed E-state index contributed by atoms with van der Waals surface area (Å²) in [5, 5.41) is 1.87. The predicted molar refractivity (Wildman–Crippen MR) is 51.2 cm³/mol. The van der Waals surface area contributed by atoms with Crippen molar-refractivity contribution in [1.82, 2.24) is 0 Å². The fourth-order valence-electron chi connectivity index (χ4n) is 1.24. The van der Waals surface area contributed by atoms with Gasteiger partial charge in [-0.25, -0.2) is 8.78 Å². The largest absolute Gasteiger partial charge is 0.323 e. The van der Waals surface area contributed by atoms with E-state index in [1.54, 1.807) is 0 Å². The second-order valence-corrected chi connectivity index (χ2v) is 4.30. The lowest BCUT2D eigenvalue weighted by atomic mass is 10.1. The molecule has 0 aromatic carbocycles. The lowest BCUT2D eigenvalue weighted by Gasteiger charge is -2.16. The normalized spacial score (nSPS) is 14.5. The molecule has 0 saturated heterocycles. The number of hydrogen-bond donors (Lipinski definition) is 1. The molecule has 0 amide bonds. The van der Waals surface area contributed by atoms with E-state index < -0.39 is 12.0 Å². The van der Waals surface area contributed by atoms with E-state index >= 15 is 0 Å². The summed E-state index contributed by atoms with van der Waals surface area (Å²) in [6, 6.07) is 1.35. The third-order valence-corrected chi connectivity index (χ3v) is 2.97. The first-order chi connectivity index (χ1) is 5.90. The number of halogens is 2. The van der Waals surface area contributed by atoms with Crippen LogP contribution >= 0.6 is 11.3 Å². The van der Waals surface area contributed by atoms with E-state index in [2.05, 4.69) is 0 Å². The molecule has 1 aromatic rings. The van der Waals surface area contributed by atoms with Gasteiger partial charge in [0.15, 0.2) is 0 Å². The molecule has 0 radical (unpaired) electrons. The highest BCUT2D eigenvalue weighted by Crippen LogP contribution is 2.30. The molecule has 2 N–H and O–H groups in total. The molecule has 0 spiro atoms. The van der Waals surface area contributed by atoms with E-state index in [0.29, 0.717) is 0 Å². The van der Waals surface area contributed by atoms with Crippen molar-refractivity contribution >= 4 is 11.3 Å². The molecule has 1 rings (SSSR count). The predicted octanol–water partition coefficient (Wildman–Crippen LogP) is 3.10. The molecule has 1 heterocycles. The zero-order valence-electron chi connectivity index (χ0n) is 7.68. The summed E-state index contributed by atoms with van der Waals surface area (Å²) in [5.74, 6) is -2.68. The summed E-state index contributed by atoms with van der Waals surface area (Å²) < 4.78 is 25.2. The van der Waals surface area contributed by atoms with Crippen molar-refractivity contribution < 1.29 is 8.78 Å². The number of thiophene rings is 1. The summed E-state index contributed by atoms with van der Waals surface area (Å²) in [5.41, 5.74) is 6.66. The first kappa shape index (κ1) is 10.6. The fourth-order valence-corrected chi connectivity index (χ4v) is 2.17. The zero-order valence-corrected chi connectivity index (χ0v) is 8.50. The minimum Gasteiger partial charge on any atom is -0.323 e. The molecule has 1 atom stereocenters. The quantitative estimate of drug-likeness (QED) is 0.806. The molecule has 74 valence electrons. The molecule has 0 aliphatic heterocycles. The summed E-state index contributed by atoms with van der Waals surface area (Å²) in [6.07, 6.45) is -0.283. The van der Waals surface area contributed by atoms with Gasteiger partial charge in [-0.2, -0.15) is 0 Å². The highest BCUT2D eigenvalue weighted by Gasteiger charge is 2.26. The van der Waals surface area contributed by atoms with Gasteiger partial charge >= 0.3 is 0 Å². The monoisotopic (exact) mass is 205 g/mol. The van der Waals surface area contributed by atoms with E-state index in [-0.39, 0.29) is 6.42 Å². The van der Waals surface area contributed by atoms with Crippen LogP contribution in [0.1, 0.15) is 29.8 Å². The van der Waals surface area contributed by atoms with Gasteiger partial charge in [-0.15, -0.1) is 11.3 Å². The van der Waals surface area contributed by atoms with Crippen LogP contribution in [-0.4, -0.2) is 5.92 Å². The SMILES string of the molecule is Cc1ccsc1C(N)CC(C)(F)F. The van der Waals surface area contributed by atoms with Gasteiger partial charge in [-0.1, -0.05) is 0 Å². The Bertz CT molecular complexity index is 277. The third-order valence-electron chi connectivity index (χ3n) is 1.82. The Morgan fingerprint density at radius 2 is 2.23 bits per heavy atom. The van der Waals surface area contributed by atoms with E-state index in [1.807, 2.05) is 18.4 Å². The molecule has 1 unspecified atom stereocenters. The Kier molecular flexibility index (Phi) is 3.03. The van der Waals surface area contributed by atoms with Crippen molar-refractivity contribution in [3.05, 3.63) is 21.9 Å². The van der Waals surface area contributed by atoms with Crippen molar-refractivity contribution in [3.8, 4) is 0 Å². The number of hydrogen-bond acceptors (Lipinski definition) is 2. The van der Waals surface area contributed by atoms with Crippen molar-refractivity contribution in [2.24, 2.45) is 5.73 Å². The van der Waals surface area contributed by atoms with Crippen molar-refractivity contribution in [1.29, 1.82) is 0 Å². The molecule has 13 heavy (non-hydrogen) atoms. The lowest BCUT2D eigenvalue weighted by molar-refractivity contribution is 0.00643. The Hall–Kier alpha value is -0.480. The van der Waals surface area contributed by atoms with Crippen LogP contribution in [0.5, 0.6) is 0 Å². The van der Waals surface area contributed by atoms with Gasteiger partial charge in [0.05, 0.1) is 0 Å². The first-order valence-corrected chi connectivity index (χ1v) is 4.95. The van der Waals surface area contributed by atoms with E-state index in [4.69, 9.17) is 5.73 Å². The van der Waals surface area contributed by atoms with E-state index in [1.165, 1.54) is 11.3 Å². The van der Waals surface area contributed by atoms with Gasteiger partial charge in [0.2, 0.25) is 5.92 Å². The minimum absolute atomic E-state index is 0.283. The second-order valence-electron chi connectivity index (χ2n) is 3.35. The molecular formula is C9H13F2NS. The first-order valence-electron chi connectivity index (χ1n) is 4.07. The topological polar surface area (TPSA) is 26.0 Å². The molecule has 0 saturated carbocycles. The Morgan fingerprint density at radius 1 is 1.62 bits per heavy atom. The number of nitrogens with two attached hydrogens (primary N) is 1. The number of aryl methyl sites for hydroxylation is 1. The number of alkyl halides is 2. The van der Waals surface area contributed by atoms with Crippen LogP contribution in [-0.2, 0) is 0 Å². The summed E-state index contributed by atoms with van der Waals surface area (Å²) >= 11 is 1.44. The number of rotatable bonds is 3. The highest BCUT2D eigenvalue weighted by molar-refractivity contribution is 7.10. The third kappa shape index (κ3) is 3.04. The van der Waals surface area contributed by atoms with Gasteiger partial charge < -0.3 is 5.73 Å². The Morgan fingerprint density at radius 3 is 2.62 bits per heavy atom. The Balaban J connectivity index is 2.69. The molecule has 4 heteroatoms. The summed E-state index contributed by atoms with van der Waals surface area (Å²) in [7, 11) is 0. The maximum atomic E-state index is 12.6. The van der Waals surface area contributed by atoms with Gasteiger partial charge in [0, 0.05) is 17.3 Å². The molecule has 0 aliphatic carbocycles. The molecule has 0 fully saturated rings. The molecule has 1 aromatic heterocycles. The van der Waals surface area contributed by atoms with Crippen molar-refractivity contribution in [2.45, 2.75) is 32.2 Å². The van der Waals surface area contributed by atoms with Gasteiger partial charge in [-0.3, -0.25) is 0 Å².